The number of rotatable bonds is 4. The van der Waals surface area contributed by atoms with Gasteiger partial charge in [0.15, 0.2) is 0 Å². The van der Waals surface area contributed by atoms with Gasteiger partial charge in [0, 0.05) is 61.8 Å². The lowest BCUT2D eigenvalue weighted by Crippen LogP contribution is -2.44. The summed E-state index contributed by atoms with van der Waals surface area (Å²) in [6, 6.07) is 12.5. The summed E-state index contributed by atoms with van der Waals surface area (Å²) in [4.78, 5) is 21.1. The molecule has 0 aliphatic carbocycles. The first-order valence-electron chi connectivity index (χ1n) is 12.5. The van der Waals surface area contributed by atoms with Crippen LogP contribution in [0.4, 0.5) is 18.9 Å². The number of fused-ring (bicyclic) bond motifs is 1. The van der Waals surface area contributed by atoms with E-state index in [-0.39, 0.29) is 23.4 Å². The largest absolute Gasteiger partial charge is 0.416 e. The minimum absolute atomic E-state index is 0.0353. The molecule has 11 heteroatoms. The van der Waals surface area contributed by atoms with E-state index in [4.69, 9.17) is 5.26 Å². The molecule has 202 valence electrons. The first kappa shape index (κ1) is 26.9. The Balaban J connectivity index is 1.33. The predicted octanol–water partition coefficient (Wildman–Crippen LogP) is 4.25. The van der Waals surface area contributed by atoms with Crippen LogP contribution in [-0.2, 0) is 12.7 Å². The molecule has 1 saturated heterocycles. The number of amides is 1. The number of pyridine rings is 1. The topological polar surface area (TPSA) is 101 Å². The normalized spacial score (nSPS) is 14.4. The van der Waals surface area contributed by atoms with Crippen LogP contribution in [-0.4, -0.2) is 64.1 Å². The number of halogens is 3. The number of carbonyl (C=O) groups is 1. The molecule has 0 spiro atoms. The SMILES string of the molecule is CN1CCN(Cc2ccc(NC(=O)c3cncc(C#Cc4[nH]nc5ccc(C#N)cc45)c3)cc2C(F)(F)F)CC1. The third kappa shape index (κ3) is 6.12. The van der Waals surface area contributed by atoms with E-state index in [0.717, 1.165) is 19.2 Å². The minimum atomic E-state index is -4.56. The zero-order valence-corrected chi connectivity index (χ0v) is 21.5. The van der Waals surface area contributed by atoms with Gasteiger partial charge in [0.1, 0.15) is 5.69 Å². The van der Waals surface area contributed by atoms with E-state index in [0.29, 0.717) is 40.8 Å². The summed E-state index contributed by atoms with van der Waals surface area (Å²) in [5.41, 5.74) is 1.62. The van der Waals surface area contributed by atoms with Gasteiger partial charge < -0.3 is 10.2 Å². The number of aromatic nitrogens is 3. The van der Waals surface area contributed by atoms with E-state index in [1.165, 1.54) is 30.6 Å². The molecule has 8 nitrogen and oxygen atoms in total. The van der Waals surface area contributed by atoms with Gasteiger partial charge in [0.05, 0.1) is 28.3 Å². The highest BCUT2D eigenvalue weighted by molar-refractivity contribution is 6.04. The van der Waals surface area contributed by atoms with E-state index in [1.54, 1.807) is 18.2 Å². The molecule has 5 rings (SSSR count). The van der Waals surface area contributed by atoms with Crippen molar-refractivity contribution in [2.75, 3.05) is 38.5 Å². The van der Waals surface area contributed by atoms with Crippen molar-refractivity contribution in [2.24, 2.45) is 0 Å². The van der Waals surface area contributed by atoms with Crippen molar-refractivity contribution in [2.45, 2.75) is 12.7 Å². The summed E-state index contributed by atoms with van der Waals surface area (Å²) in [7, 11) is 1.99. The number of hydrogen-bond acceptors (Lipinski definition) is 6. The maximum absolute atomic E-state index is 13.9. The first-order chi connectivity index (χ1) is 19.2. The molecule has 1 aliphatic heterocycles. The van der Waals surface area contributed by atoms with E-state index in [2.05, 4.69) is 43.3 Å². The fourth-order valence-corrected chi connectivity index (χ4v) is 4.45. The number of alkyl halides is 3. The van der Waals surface area contributed by atoms with Gasteiger partial charge >= 0.3 is 6.18 Å². The second-order valence-corrected chi connectivity index (χ2v) is 9.56. The van der Waals surface area contributed by atoms with Gasteiger partial charge in [-0.15, -0.1) is 0 Å². The van der Waals surface area contributed by atoms with Crippen molar-refractivity contribution in [3.63, 3.8) is 0 Å². The number of hydrogen-bond donors (Lipinski definition) is 2. The Hall–Kier alpha value is -4.71. The number of likely N-dealkylation sites (N-methyl/N-ethyl adjacent to an activating group) is 1. The van der Waals surface area contributed by atoms with Gasteiger partial charge in [0.2, 0.25) is 0 Å². The number of piperazine rings is 1. The maximum Gasteiger partial charge on any atom is 0.416 e. The molecule has 0 saturated carbocycles. The molecule has 0 atom stereocenters. The van der Waals surface area contributed by atoms with Crippen molar-refractivity contribution >= 4 is 22.5 Å². The molecular weight excluding hydrogens is 519 g/mol. The van der Waals surface area contributed by atoms with Crippen LogP contribution < -0.4 is 5.32 Å². The highest BCUT2D eigenvalue weighted by atomic mass is 19.4. The summed E-state index contributed by atoms with van der Waals surface area (Å²) >= 11 is 0. The van der Waals surface area contributed by atoms with Crippen LogP contribution in [0.1, 0.15) is 38.3 Å². The molecule has 2 aromatic heterocycles. The van der Waals surface area contributed by atoms with Crippen LogP contribution in [0.25, 0.3) is 10.9 Å². The highest BCUT2D eigenvalue weighted by Crippen LogP contribution is 2.34. The molecule has 2 N–H and O–H groups in total. The van der Waals surface area contributed by atoms with Crippen molar-refractivity contribution in [3.8, 4) is 17.9 Å². The summed E-state index contributed by atoms with van der Waals surface area (Å²) < 4.78 is 41.7. The third-order valence-corrected chi connectivity index (χ3v) is 6.68. The zero-order valence-electron chi connectivity index (χ0n) is 21.5. The Morgan fingerprint density at radius 1 is 1.05 bits per heavy atom. The Labute approximate surface area is 228 Å². The molecule has 40 heavy (non-hydrogen) atoms. The Bertz CT molecular complexity index is 1670. The lowest BCUT2D eigenvalue weighted by molar-refractivity contribution is -0.138. The van der Waals surface area contributed by atoms with Gasteiger partial charge in [-0.3, -0.25) is 19.8 Å². The number of nitriles is 1. The van der Waals surface area contributed by atoms with E-state index < -0.39 is 17.6 Å². The van der Waals surface area contributed by atoms with Crippen LogP contribution in [0, 0.1) is 23.2 Å². The van der Waals surface area contributed by atoms with Crippen LogP contribution in [0.2, 0.25) is 0 Å². The standard InChI is InChI=1S/C29H24F3N7O/c1-38-8-10-39(11-9-38)18-21-4-5-23(14-25(21)29(30,31)32)35-28(40)22-12-20(16-34-17-22)3-7-27-24-13-19(15-33)2-6-26(24)36-37-27/h2,4-6,12-14,16-17H,8-11,18H2,1H3,(H,35,40)(H,36,37). The monoisotopic (exact) mass is 543 g/mol. The number of H-pyrrole nitrogens is 1. The quantitative estimate of drug-likeness (QED) is 0.374. The van der Waals surface area contributed by atoms with Crippen molar-refractivity contribution in [3.05, 3.63) is 88.4 Å². The van der Waals surface area contributed by atoms with E-state index in [1.807, 2.05) is 11.9 Å². The second kappa shape index (κ2) is 11.2. The van der Waals surface area contributed by atoms with E-state index in [9.17, 15) is 18.0 Å². The van der Waals surface area contributed by atoms with Crippen LogP contribution in [0.5, 0.6) is 0 Å². The average Bonchev–Trinajstić information content (AvgIpc) is 3.35. The number of carbonyl (C=O) groups excluding carboxylic acids is 1. The lowest BCUT2D eigenvalue weighted by atomic mass is 10.0. The summed E-state index contributed by atoms with van der Waals surface area (Å²) in [6.07, 6.45) is -1.78. The van der Waals surface area contributed by atoms with Crippen molar-refractivity contribution in [1.29, 1.82) is 5.26 Å². The number of anilines is 1. The summed E-state index contributed by atoms with van der Waals surface area (Å²) in [5, 5.41) is 19.4. The van der Waals surface area contributed by atoms with Gasteiger partial charge in [-0.25, -0.2) is 0 Å². The average molecular weight is 544 g/mol. The maximum atomic E-state index is 13.9. The Morgan fingerprint density at radius 2 is 1.85 bits per heavy atom. The highest BCUT2D eigenvalue weighted by Gasteiger charge is 2.34. The number of aromatic amines is 1. The van der Waals surface area contributed by atoms with Crippen LogP contribution in [0.3, 0.4) is 0 Å². The number of benzene rings is 2. The first-order valence-corrected chi connectivity index (χ1v) is 12.5. The molecule has 0 bridgehead atoms. The second-order valence-electron chi connectivity index (χ2n) is 9.56. The number of nitrogens with one attached hydrogen (secondary N) is 2. The van der Waals surface area contributed by atoms with Gasteiger partial charge in [-0.05, 0) is 54.9 Å². The molecular formula is C29H24F3N7O. The molecule has 4 aromatic rings. The lowest BCUT2D eigenvalue weighted by Gasteiger charge is -2.33. The fourth-order valence-electron chi connectivity index (χ4n) is 4.45. The molecule has 1 amide bonds. The molecule has 3 heterocycles. The number of nitrogens with zero attached hydrogens (tertiary/aromatic N) is 5. The van der Waals surface area contributed by atoms with Gasteiger partial charge in [-0.1, -0.05) is 12.0 Å². The van der Waals surface area contributed by atoms with Gasteiger partial charge in [-0.2, -0.15) is 23.5 Å². The predicted molar refractivity (Wildman–Crippen MR) is 143 cm³/mol. The van der Waals surface area contributed by atoms with Crippen molar-refractivity contribution < 1.29 is 18.0 Å². The molecule has 2 aromatic carbocycles. The fraction of sp³-hybridized carbons (Fsp3) is 0.241. The van der Waals surface area contributed by atoms with Crippen LogP contribution >= 0.6 is 0 Å². The minimum Gasteiger partial charge on any atom is -0.322 e. The third-order valence-electron chi connectivity index (χ3n) is 6.68. The van der Waals surface area contributed by atoms with Crippen molar-refractivity contribution in [1.82, 2.24) is 25.0 Å². The van der Waals surface area contributed by atoms with E-state index >= 15 is 0 Å². The smallest absolute Gasteiger partial charge is 0.322 e. The summed E-state index contributed by atoms with van der Waals surface area (Å²) in [5.74, 6) is 5.24. The van der Waals surface area contributed by atoms with Gasteiger partial charge in [0.25, 0.3) is 5.91 Å². The van der Waals surface area contributed by atoms with Crippen LogP contribution in [0.15, 0.2) is 54.9 Å². The Kier molecular flexibility index (Phi) is 7.52. The Morgan fingerprint density at radius 3 is 2.60 bits per heavy atom. The molecule has 1 fully saturated rings. The molecule has 0 unspecified atom stereocenters. The summed E-state index contributed by atoms with van der Waals surface area (Å²) in [6.45, 7) is 3.16. The zero-order chi connectivity index (χ0) is 28.3. The molecule has 1 aliphatic rings. The molecule has 0 radical (unpaired) electrons.